The van der Waals surface area contributed by atoms with Crippen LogP contribution in [-0.4, -0.2) is 10.2 Å². The molecule has 0 saturated heterocycles. The van der Waals surface area contributed by atoms with E-state index in [-0.39, 0.29) is 58.4 Å². The fourth-order valence-corrected chi connectivity index (χ4v) is 1.11. The molecule has 66 valence electrons. The first-order chi connectivity index (χ1) is 6.36. The predicted octanol–water partition coefficient (Wildman–Crippen LogP) is -1.45. The number of aromatic amines is 1. The third kappa shape index (κ3) is 2.86. The summed E-state index contributed by atoms with van der Waals surface area (Å²) in [4.78, 5) is 10.7. The summed E-state index contributed by atoms with van der Waals surface area (Å²) in [5, 5.41) is 6.30. The Morgan fingerprint density at radius 2 is 1.79 bits per heavy atom. The van der Waals surface area contributed by atoms with Gasteiger partial charge in [-0.25, -0.2) is 5.10 Å². The second-order valence-electron chi connectivity index (χ2n) is 2.67. The molecule has 1 N–H and O–H groups in total. The van der Waals surface area contributed by atoms with E-state index in [1.54, 1.807) is 6.07 Å². The quantitative estimate of drug-likeness (QED) is 0.588. The van der Waals surface area contributed by atoms with Crippen molar-refractivity contribution in [3.8, 4) is 11.3 Å². The number of nitrogens with one attached hydrogen (secondary N) is 1. The number of aromatic nitrogens is 2. The zero-order valence-electron chi connectivity index (χ0n) is 8.90. The molecule has 0 radical (unpaired) electrons. The fraction of sp³-hybridized carbons (Fsp3) is 0. The third-order valence-corrected chi connectivity index (χ3v) is 1.75. The van der Waals surface area contributed by atoms with Crippen molar-refractivity contribution in [3.05, 3.63) is 52.8 Å². The second-order valence-corrected chi connectivity index (χ2v) is 2.67. The zero-order chi connectivity index (χ0) is 9.10. The van der Waals surface area contributed by atoms with Gasteiger partial charge in [0.2, 0.25) is 0 Å². The van der Waals surface area contributed by atoms with E-state index in [1.165, 1.54) is 6.07 Å². The SMILES string of the molecule is O=c1ccc(-c2ccccc2)n[nH]1.[H-].[K+]. The van der Waals surface area contributed by atoms with Gasteiger partial charge < -0.3 is 1.43 Å². The standard InChI is InChI=1S/C10H8N2O.K.H/c13-10-7-6-9(11-12-10)8-4-2-1-3-5-8;;/h1-7H,(H,12,13);;/q;+1;-1. The summed E-state index contributed by atoms with van der Waals surface area (Å²) in [5.74, 6) is 0. The summed E-state index contributed by atoms with van der Waals surface area (Å²) in [6.07, 6.45) is 0. The number of H-pyrrole nitrogens is 1. The Bertz CT molecular complexity index is 438. The van der Waals surface area contributed by atoms with E-state index in [0.29, 0.717) is 0 Å². The summed E-state index contributed by atoms with van der Waals surface area (Å²) >= 11 is 0. The van der Waals surface area contributed by atoms with Gasteiger partial charge >= 0.3 is 51.4 Å². The molecule has 0 aliphatic heterocycles. The van der Waals surface area contributed by atoms with Crippen molar-refractivity contribution in [1.82, 2.24) is 10.2 Å². The van der Waals surface area contributed by atoms with Gasteiger partial charge in [0.25, 0.3) is 5.56 Å². The molecule has 0 amide bonds. The van der Waals surface area contributed by atoms with Gasteiger partial charge in [-0.1, -0.05) is 30.3 Å². The Hall–Kier alpha value is -0.264. The van der Waals surface area contributed by atoms with Gasteiger partial charge in [-0.3, -0.25) is 4.79 Å². The van der Waals surface area contributed by atoms with Crippen molar-refractivity contribution < 1.29 is 52.8 Å². The first-order valence-electron chi connectivity index (χ1n) is 3.97. The van der Waals surface area contributed by atoms with Gasteiger partial charge in [-0.2, -0.15) is 5.10 Å². The summed E-state index contributed by atoms with van der Waals surface area (Å²) < 4.78 is 0. The van der Waals surface area contributed by atoms with Crippen LogP contribution in [0.15, 0.2) is 47.3 Å². The number of benzene rings is 1. The molecule has 0 atom stereocenters. The number of rotatable bonds is 1. The van der Waals surface area contributed by atoms with Crippen LogP contribution in [0.5, 0.6) is 0 Å². The van der Waals surface area contributed by atoms with Crippen molar-refractivity contribution in [2.24, 2.45) is 0 Å². The van der Waals surface area contributed by atoms with Gasteiger partial charge in [-0.05, 0) is 6.07 Å². The minimum absolute atomic E-state index is 0. The summed E-state index contributed by atoms with van der Waals surface area (Å²) in [6.45, 7) is 0. The molecule has 1 aromatic heterocycles. The van der Waals surface area contributed by atoms with Crippen molar-refractivity contribution in [3.63, 3.8) is 0 Å². The Balaban J connectivity index is 0.000000980. The van der Waals surface area contributed by atoms with E-state index in [4.69, 9.17) is 0 Å². The molecule has 4 heteroatoms. The molecular formula is C10H9KN2O. The Morgan fingerprint density at radius 3 is 2.36 bits per heavy atom. The molecule has 14 heavy (non-hydrogen) atoms. The molecule has 1 aromatic carbocycles. The minimum atomic E-state index is -0.181. The van der Waals surface area contributed by atoms with Gasteiger partial charge in [0, 0.05) is 11.6 Å². The molecule has 2 aromatic rings. The zero-order valence-corrected chi connectivity index (χ0v) is 11.0. The van der Waals surface area contributed by atoms with Crippen LogP contribution in [0.4, 0.5) is 0 Å². The molecule has 0 aliphatic rings. The van der Waals surface area contributed by atoms with Gasteiger partial charge in [0.1, 0.15) is 0 Å². The molecular weight excluding hydrogens is 203 g/mol. The predicted molar refractivity (Wildman–Crippen MR) is 51.4 cm³/mol. The van der Waals surface area contributed by atoms with Gasteiger partial charge in [-0.15, -0.1) is 0 Å². The van der Waals surface area contributed by atoms with Crippen LogP contribution in [0, 0.1) is 0 Å². The average molecular weight is 212 g/mol. The van der Waals surface area contributed by atoms with Crippen LogP contribution in [0.25, 0.3) is 11.3 Å². The monoisotopic (exact) mass is 212 g/mol. The van der Waals surface area contributed by atoms with E-state index in [1.807, 2.05) is 30.3 Å². The Kier molecular flexibility index (Phi) is 4.70. The maximum Gasteiger partial charge on any atom is 1.00 e. The molecule has 3 nitrogen and oxygen atoms in total. The fourth-order valence-electron chi connectivity index (χ4n) is 1.11. The normalized spacial score (nSPS) is 9.14. The van der Waals surface area contributed by atoms with Crippen LogP contribution in [0.2, 0.25) is 0 Å². The van der Waals surface area contributed by atoms with Crippen LogP contribution in [0.3, 0.4) is 0 Å². The van der Waals surface area contributed by atoms with Crippen molar-refractivity contribution >= 4 is 0 Å². The first kappa shape index (κ1) is 11.8. The molecule has 0 spiro atoms. The molecule has 0 saturated carbocycles. The average Bonchev–Trinajstić information content (AvgIpc) is 2.20. The van der Waals surface area contributed by atoms with Crippen LogP contribution in [-0.2, 0) is 0 Å². The summed E-state index contributed by atoms with van der Waals surface area (Å²) in [7, 11) is 0. The molecule has 2 rings (SSSR count). The van der Waals surface area contributed by atoms with E-state index in [0.717, 1.165) is 11.3 Å². The molecule has 0 fully saturated rings. The van der Waals surface area contributed by atoms with Crippen molar-refractivity contribution in [2.45, 2.75) is 0 Å². The Morgan fingerprint density at radius 1 is 1.07 bits per heavy atom. The van der Waals surface area contributed by atoms with Crippen LogP contribution in [0.1, 0.15) is 1.43 Å². The molecule has 0 bridgehead atoms. The third-order valence-electron chi connectivity index (χ3n) is 1.75. The summed E-state index contributed by atoms with van der Waals surface area (Å²) in [5.41, 5.74) is 1.60. The number of hydrogen-bond acceptors (Lipinski definition) is 2. The van der Waals surface area contributed by atoms with E-state index < -0.39 is 0 Å². The Labute approximate surface area is 125 Å². The topological polar surface area (TPSA) is 45.8 Å². The van der Waals surface area contributed by atoms with Gasteiger partial charge in [0.15, 0.2) is 0 Å². The van der Waals surface area contributed by atoms with Crippen molar-refractivity contribution in [1.29, 1.82) is 0 Å². The maximum absolute atomic E-state index is 10.7. The van der Waals surface area contributed by atoms with Crippen LogP contribution < -0.4 is 56.9 Å². The second kappa shape index (κ2) is 5.58. The maximum atomic E-state index is 10.7. The van der Waals surface area contributed by atoms with E-state index in [2.05, 4.69) is 10.2 Å². The molecule has 0 aliphatic carbocycles. The number of hydrogen-bond donors (Lipinski definition) is 1. The van der Waals surface area contributed by atoms with E-state index >= 15 is 0 Å². The smallest absolute Gasteiger partial charge is 1.00 e. The largest absolute Gasteiger partial charge is 1.00 e. The van der Waals surface area contributed by atoms with E-state index in [9.17, 15) is 4.79 Å². The first-order valence-corrected chi connectivity index (χ1v) is 3.97. The van der Waals surface area contributed by atoms with Crippen LogP contribution >= 0.6 is 0 Å². The molecule has 1 heterocycles. The van der Waals surface area contributed by atoms with Crippen molar-refractivity contribution in [2.75, 3.05) is 0 Å². The van der Waals surface area contributed by atoms with Gasteiger partial charge in [0.05, 0.1) is 5.69 Å². The number of nitrogens with zero attached hydrogens (tertiary/aromatic N) is 1. The summed E-state index contributed by atoms with van der Waals surface area (Å²) in [6, 6.07) is 12.9. The minimum Gasteiger partial charge on any atom is -1.00 e. The molecule has 0 unspecified atom stereocenters.